The van der Waals surface area contributed by atoms with Crippen LogP contribution in [-0.4, -0.2) is 7.05 Å². The average molecular weight is 314 g/mol. The van der Waals surface area contributed by atoms with Crippen LogP contribution in [-0.2, 0) is 6.54 Å². The lowest BCUT2D eigenvalue weighted by Crippen LogP contribution is -2.08. The largest absolute Gasteiger partial charge is 0.316 e. The van der Waals surface area contributed by atoms with Gasteiger partial charge < -0.3 is 5.32 Å². The molecule has 2 aromatic carbocycles. The highest BCUT2D eigenvalue weighted by atomic mass is 35.5. The minimum absolute atomic E-state index is 0. The molecule has 2 aromatic rings. The van der Waals surface area contributed by atoms with Crippen LogP contribution in [0.5, 0.6) is 0 Å². The van der Waals surface area contributed by atoms with E-state index < -0.39 is 0 Å². The number of hydrogen-bond donors (Lipinski definition) is 1. The Hall–Kier alpha value is -1.09. The second-order valence-corrected chi connectivity index (χ2v) is 5.18. The van der Waals surface area contributed by atoms with Crippen LogP contribution in [0.2, 0.25) is 5.02 Å². The lowest BCUT2D eigenvalue weighted by molar-refractivity contribution is 0.631. The van der Waals surface area contributed by atoms with E-state index in [1.54, 1.807) is 12.1 Å². The Kier molecular flexibility index (Phi) is 6.00. The first-order valence-electron chi connectivity index (χ1n) is 6.23. The Bertz CT molecular complexity index is 588. The standard InChI is InChI=1S/C16H17ClFN.ClH/c1-10-6-12(7-11(2)15(10)9-19-3)14-8-13(17)4-5-16(14)18;/h4-8,19H,9H2,1-3H3;1H. The first kappa shape index (κ1) is 17.0. The van der Waals surface area contributed by atoms with Crippen LogP contribution in [0.4, 0.5) is 4.39 Å². The molecule has 108 valence electrons. The van der Waals surface area contributed by atoms with Gasteiger partial charge in [0.1, 0.15) is 5.82 Å². The molecular weight excluding hydrogens is 296 g/mol. The molecule has 0 amide bonds. The summed E-state index contributed by atoms with van der Waals surface area (Å²) < 4.78 is 13.9. The SMILES string of the molecule is CNCc1c(C)cc(-c2cc(Cl)ccc2F)cc1C.Cl. The summed E-state index contributed by atoms with van der Waals surface area (Å²) in [4.78, 5) is 0. The van der Waals surface area contributed by atoms with Gasteiger partial charge in [-0.1, -0.05) is 23.7 Å². The fourth-order valence-electron chi connectivity index (χ4n) is 2.32. The van der Waals surface area contributed by atoms with Crippen LogP contribution < -0.4 is 5.32 Å². The van der Waals surface area contributed by atoms with Crippen LogP contribution in [0.1, 0.15) is 16.7 Å². The smallest absolute Gasteiger partial charge is 0.131 e. The highest BCUT2D eigenvalue weighted by Gasteiger charge is 2.10. The van der Waals surface area contributed by atoms with Gasteiger partial charge in [-0.2, -0.15) is 0 Å². The maximum atomic E-state index is 13.9. The maximum Gasteiger partial charge on any atom is 0.131 e. The summed E-state index contributed by atoms with van der Waals surface area (Å²) in [6, 6.07) is 8.66. The molecular formula is C16H18Cl2FN. The zero-order valence-electron chi connectivity index (χ0n) is 11.8. The van der Waals surface area contributed by atoms with Crippen LogP contribution in [0, 0.1) is 19.7 Å². The van der Waals surface area contributed by atoms with Crippen molar-refractivity contribution in [3.8, 4) is 11.1 Å². The van der Waals surface area contributed by atoms with E-state index in [-0.39, 0.29) is 18.2 Å². The van der Waals surface area contributed by atoms with Gasteiger partial charge in [-0.15, -0.1) is 12.4 Å². The van der Waals surface area contributed by atoms with Crippen molar-refractivity contribution in [1.29, 1.82) is 0 Å². The van der Waals surface area contributed by atoms with Crippen molar-refractivity contribution in [2.75, 3.05) is 7.05 Å². The van der Waals surface area contributed by atoms with Crippen molar-refractivity contribution in [3.05, 3.63) is 57.9 Å². The number of hydrogen-bond acceptors (Lipinski definition) is 1. The second kappa shape index (κ2) is 7.07. The highest BCUT2D eigenvalue weighted by Crippen LogP contribution is 2.29. The Morgan fingerprint density at radius 3 is 2.25 bits per heavy atom. The molecule has 0 saturated heterocycles. The molecule has 1 nitrogen and oxygen atoms in total. The van der Waals surface area contributed by atoms with Crippen LogP contribution in [0.3, 0.4) is 0 Å². The van der Waals surface area contributed by atoms with E-state index in [1.165, 1.54) is 11.6 Å². The highest BCUT2D eigenvalue weighted by molar-refractivity contribution is 6.30. The molecule has 0 aromatic heterocycles. The van der Waals surface area contributed by atoms with E-state index >= 15 is 0 Å². The van der Waals surface area contributed by atoms with Gasteiger partial charge in [0.15, 0.2) is 0 Å². The molecule has 0 radical (unpaired) electrons. The van der Waals surface area contributed by atoms with Crippen LogP contribution >= 0.6 is 24.0 Å². The summed E-state index contributed by atoms with van der Waals surface area (Å²) in [5.74, 6) is -0.246. The third kappa shape index (κ3) is 3.51. The van der Waals surface area contributed by atoms with Gasteiger partial charge in [0.05, 0.1) is 0 Å². The predicted molar refractivity (Wildman–Crippen MR) is 86.3 cm³/mol. The summed E-state index contributed by atoms with van der Waals surface area (Å²) in [7, 11) is 1.92. The summed E-state index contributed by atoms with van der Waals surface area (Å²) >= 11 is 5.95. The Balaban J connectivity index is 0.00000200. The van der Waals surface area contributed by atoms with E-state index in [9.17, 15) is 4.39 Å². The minimum atomic E-state index is -0.246. The molecule has 0 spiro atoms. The number of aryl methyl sites for hydroxylation is 2. The molecule has 0 unspecified atom stereocenters. The number of nitrogens with one attached hydrogen (secondary N) is 1. The van der Waals surface area contributed by atoms with Crippen LogP contribution in [0.15, 0.2) is 30.3 Å². The molecule has 0 bridgehead atoms. The third-order valence-corrected chi connectivity index (χ3v) is 3.52. The Morgan fingerprint density at radius 1 is 1.10 bits per heavy atom. The van der Waals surface area contributed by atoms with E-state index in [4.69, 9.17) is 11.6 Å². The van der Waals surface area contributed by atoms with Crippen molar-refractivity contribution < 1.29 is 4.39 Å². The minimum Gasteiger partial charge on any atom is -0.316 e. The Morgan fingerprint density at radius 2 is 1.70 bits per heavy atom. The van der Waals surface area contributed by atoms with Gasteiger partial charge in [-0.05, 0) is 61.3 Å². The van der Waals surface area contributed by atoms with E-state index in [1.807, 2.05) is 33.0 Å². The van der Waals surface area contributed by atoms with Gasteiger partial charge >= 0.3 is 0 Å². The van der Waals surface area contributed by atoms with Crippen molar-refractivity contribution >= 4 is 24.0 Å². The monoisotopic (exact) mass is 313 g/mol. The number of halogens is 3. The lowest BCUT2D eigenvalue weighted by atomic mass is 9.95. The molecule has 0 heterocycles. The molecule has 4 heteroatoms. The average Bonchev–Trinajstić information content (AvgIpc) is 2.36. The van der Waals surface area contributed by atoms with Gasteiger partial charge in [0.2, 0.25) is 0 Å². The summed E-state index contributed by atoms with van der Waals surface area (Å²) in [5, 5.41) is 3.70. The summed E-state index contributed by atoms with van der Waals surface area (Å²) in [6.07, 6.45) is 0. The van der Waals surface area contributed by atoms with Crippen molar-refractivity contribution in [1.82, 2.24) is 5.32 Å². The summed E-state index contributed by atoms with van der Waals surface area (Å²) in [5.41, 5.74) is 4.99. The lowest BCUT2D eigenvalue weighted by Gasteiger charge is -2.13. The Labute approximate surface area is 130 Å². The van der Waals surface area contributed by atoms with Crippen molar-refractivity contribution in [3.63, 3.8) is 0 Å². The number of benzene rings is 2. The fourth-order valence-corrected chi connectivity index (χ4v) is 2.50. The van der Waals surface area contributed by atoms with Gasteiger partial charge in [0.25, 0.3) is 0 Å². The van der Waals surface area contributed by atoms with E-state index in [0.717, 1.165) is 23.2 Å². The van der Waals surface area contributed by atoms with Crippen LogP contribution in [0.25, 0.3) is 11.1 Å². The van der Waals surface area contributed by atoms with Gasteiger partial charge in [-0.3, -0.25) is 0 Å². The fraction of sp³-hybridized carbons (Fsp3) is 0.250. The van der Waals surface area contributed by atoms with Gasteiger partial charge in [-0.25, -0.2) is 4.39 Å². The molecule has 0 saturated carbocycles. The van der Waals surface area contributed by atoms with E-state index in [0.29, 0.717) is 10.6 Å². The topological polar surface area (TPSA) is 12.0 Å². The predicted octanol–water partition coefficient (Wildman–Crippen LogP) is 4.90. The molecule has 0 atom stereocenters. The normalized spacial score (nSPS) is 10.2. The summed E-state index contributed by atoms with van der Waals surface area (Å²) in [6.45, 7) is 4.91. The molecule has 1 N–H and O–H groups in total. The molecule has 0 aliphatic heterocycles. The van der Waals surface area contributed by atoms with Crippen molar-refractivity contribution in [2.24, 2.45) is 0 Å². The van der Waals surface area contributed by atoms with Gasteiger partial charge in [0, 0.05) is 17.1 Å². The van der Waals surface area contributed by atoms with E-state index in [2.05, 4.69) is 5.32 Å². The zero-order chi connectivity index (χ0) is 14.0. The molecule has 0 fully saturated rings. The number of rotatable bonds is 3. The molecule has 0 aliphatic rings. The van der Waals surface area contributed by atoms with Crippen molar-refractivity contribution in [2.45, 2.75) is 20.4 Å². The molecule has 0 aliphatic carbocycles. The maximum absolute atomic E-state index is 13.9. The first-order chi connectivity index (χ1) is 9.02. The molecule has 20 heavy (non-hydrogen) atoms. The third-order valence-electron chi connectivity index (χ3n) is 3.29. The second-order valence-electron chi connectivity index (χ2n) is 4.74. The zero-order valence-corrected chi connectivity index (χ0v) is 13.3. The first-order valence-corrected chi connectivity index (χ1v) is 6.61. The molecule has 2 rings (SSSR count). The quantitative estimate of drug-likeness (QED) is 0.849.